The van der Waals surface area contributed by atoms with Crippen LogP contribution in [0.1, 0.15) is 28.4 Å². The topological polar surface area (TPSA) is 64.1 Å². The maximum absolute atomic E-state index is 11.7. The normalized spacial score (nSPS) is 10.5. The van der Waals surface area contributed by atoms with E-state index in [1.165, 1.54) is 16.4 Å². The molecule has 0 aliphatic carbocycles. The van der Waals surface area contributed by atoms with Gasteiger partial charge in [0.2, 0.25) is 0 Å². The maximum Gasteiger partial charge on any atom is 0.345 e. The highest BCUT2D eigenvalue weighted by Crippen LogP contribution is 2.13. The van der Waals surface area contributed by atoms with Gasteiger partial charge in [-0.1, -0.05) is 6.07 Å². The third-order valence-corrected chi connectivity index (χ3v) is 2.99. The lowest BCUT2D eigenvalue weighted by Gasteiger charge is -2.05. The molecular formula is C14H16N2O3. The van der Waals surface area contributed by atoms with Crippen molar-refractivity contribution in [2.75, 3.05) is 6.61 Å². The minimum Gasteiger partial charge on any atom is -0.462 e. The molecule has 5 nitrogen and oxygen atoms in total. The van der Waals surface area contributed by atoms with Crippen LogP contribution in [0, 0.1) is 13.8 Å². The fourth-order valence-corrected chi connectivity index (χ4v) is 1.76. The summed E-state index contributed by atoms with van der Waals surface area (Å²) in [5, 5.41) is 2.61. The summed E-state index contributed by atoms with van der Waals surface area (Å²) in [6, 6.07) is 5.79. The van der Waals surface area contributed by atoms with E-state index in [1.807, 2.05) is 32.0 Å². The maximum atomic E-state index is 11.7. The molecule has 5 heteroatoms. The number of aromatic nitrogens is 2. The highest BCUT2D eigenvalue weighted by molar-refractivity contribution is 5.88. The van der Waals surface area contributed by atoms with Crippen LogP contribution in [0.15, 0.2) is 29.2 Å². The molecule has 19 heavy (non-hydrogen) atoms. The van der Waals surface area contributed by atoms with E-state index in [2.05, 4.69) is 5.10 Å². The van der Waals surface area contributed by atoms with Gasteiger partial charge in [0.05, 0.1) is 12.3 Å². The van der Waals surface area contributed by atoms with Crippen molar-refractivity contribution in [1.82, 2.24) is 9.78 Å². The number of carbonyl (C=O) groups excluding carboxylic acids is 1. The number of hydrogen-bond donors (Lipinski definition) is 1. The lowest BCUT2D eigenvalue weighted by Crippen LogP contribution is -2.14. The number of aryl methyl sites for hydroxylation is 2. The fraction of sp³-hybridized carbons (Fsp3) is 0.286. The van der Waals surface area contributed by atoms with Gasteiger partial charge in [-0.15, -0.1) is 0 Å². The van der Waals surface area contributed by atoms with Crippen molar-refractivity contribution in [3.8, 4) is 5.69 Å². The first-order valence-corrected chi connectivity index (χ1v) is 6.09. The number of H-pyrrole nitrogens is 1. The third-order valence-electron chi connectivity index (χ3n) is 2.99. The molecule has 0 aliphatic rings. The molecular weight excluding hydrogens is 244 g/mol. The highest BCUT2D eigenvalue weighted by Gasteiger charge is 2.14. The monoisotopic (exact) mass is 260 g/mol. The average molecular weight is 260 g/mol. The van der Waals surface area contributed by atoms with E-state index in [0.717, 1.165) is 11.3 Å². The van der Waals surface area contributed by atoms with Gasteiger partial charge < -0.3 is 4.74 Å². The molecule has 0 saturated carbocycles. The van der Waals surface area contributed by atoms with Crippen molar-refractivity contribution < 1.29 is 9.53 Å². The average Bonchev–Trinajstić information content (AvgIpc) is 2.75. The molecule has 1 N–H and O–H groups in total. The molecule has 0 saturated heterocycles. The second-order valence-electron chi connectivity index (χ2n) is 4.34. The predicted octanol–water partition coefficient (Wildman–Crippen LogP) is 1.96. The number of benzene rings is 1. The van der Waals surface area contributed by atoms with Crippen molar-refractivity contribution >= 4 is 5.97 Å². The molecule has 0 unspecified atom stereocenters. The summed E-state index contributed by atoms with van der Waals surface area (Å²) in [6.45, 7) is 5.95. The third kappa shape index (κ3) is 2.59. The zero-order chi connectivity index (χ0) is 14.0. The van der Waals surface area contributed by atoms with E-state index >= 15 is 0 Å². The Morgan fingerprint density at radius 2 is 2.05 bits per heavy atom. The van der Waals surface area contributed by atoms with Crippen LogP contribution in [0.3, 0.4) is 0 Å². The van der Waals surface area contributed by atoms with E-state index in [9.17, 15) is 9.59 Å². The van der Waals surface area contributed by atoms with Crippen molar-refractivity contribution in [2.24, 2.45) is 0 Å². The Morgan fingerprint density at radius 3 is 2.68 bits per heavy atom. The van der Waals surface area contributed by atoms with Gasteiger partial charge in [0, 0.05) is 6.20 Å². The minimum absolute atomic E-state index is 0.0140. The number of nitrogens with zero attached hydrogens (tertiary/aromatic N) is 1. The smallest absolute Gasteiger partial charge is 0.345 e. The number of esters is 1. The van der Waals surface area contributed by atoms with Crippen LogP contribution in [0.2, 0.25) is 0 Å². The Bertz CT molecular complexity index is 668. The Labute approximate surface area is 110 Å². The lowest BCUT2D eigenvalue weighted by atomic mass is 10.1. The first-order valence-electron chi connectivity index (χ1n) is 6.09. The van der Waals surface area contributed by atoms with Crippen molar-refractivity contribution in [1.29, 1.82) is 0 Å². The Balaban J connectivity index is 2.41. The van der Waals surface area contributed by atoms with Gasteiger partial charge >= 0.3 is 5.97 Å². The van der Waals surface area contributed by atoms with Gasteiger partial charge in [0.1, 0.15) is 5.56 Å². The molecule has 0 spiro atoms. The van der Waals surface area contributed by atoms with Gasteiger partial charge in [-0.25, -0.2) is 4.79 Å². The zero-order valence-electron chi connectivity index (χ0n) is 11.2. The molecule has 2 aromatic rings. The summed E-state index contributed by atoms with van der Waals surface area (Å²) >= 11 is 0. The predicted molar refractivity (Wildman–Crippen MR) is 71.8 cm³/mol. The van der Waals surface area contributed by atoms with Crippen LogP contribution in [0.25, 0.3) is 5.69 Å². The highest BCUT2D eigenvalue weighted by atomic mass is 16.5. The second-order valence-corrected chi connectivity index (χ2v) is 4.34. The summed E-state index contributed by atoms with van der Waals surface area (Å²) in [4.78, 5) is 23.3. The SMILES string of the molecule is CCOC(=O)c1cn(-c2ccc(C)c(C)c2)[nH]c1=O. The molecule has 0 aliphatic heterocycles. The molecule has 0 bridgehead atoms. The van der Waals surface area contributed by atoms with E-state index in [4.69, 9.17) is 4.74 Å². The first-order chi connectivity index (χ1) is 9.02. The Hall–Kier alpha value is -2.30. The summed E-state index contributed by atoms with van der Waals surface area (Å²) < 4.78 is 6.36. The number of nitrogens with one attached hydrogen (secondary N) is 1. The summed E-state index contributed by atoms with van der Waals surface area (Å²) in [5.41, 5.74) is 2.65. The first kappa shape index (κ1) is 13.1. The summed E-state index contributed by atoms with van der Waals surface area (Å²) in [5.74, 6) is -0.605. The zero-order valence-corrected chi connectivity index (χ0v) is 11.2. The summed E-state index contributed by atoms with van der Waals surface area (Å²) in [7, 11) is 0. The molecule has 0 amide bonds. The fourth-order valence-electron chi connectivity index (χ4n) is 1.76. The minimum atomic E-state index is -0.605. The van der Waals surface area contributed by atoms with Crippen LogP contribution < -0.4 is 5.56 Å². The van der Waals surface area contributed by atoms with Crippen LogP contribution in [0.5, 0.6) is 0 Å². The second kappa shape index (κ2) is 5.14. The van der Waals surface area contributed by atoms with Gasteiger partial charge in [-0.2, -0.15) is 0 Å². The van der Waals surface area contributed by atoms with Crippen LogP contribution in [-0.2, 0) is 4.74 Å². The number of rotatable bonds is 3. The summed E-state index contributed by atoms with van der Waals surface area (Å²) in [6.07, 6.45) is 1.46. The van der Waals surface area contributed by atoms with Crippen molar-refractivity contribution in [2.45, 2.75) is 20.8 Å². The molecule has 0 atom stereocenters. The molecule has 1 heterocycles. The van der Waals surface area contributed by atoms with Crippen molar-refractivity contribution in [3.05, 3.63) is 51.4 Å². The number of aromatic amines is 1. The van der Waals surface area contributed by atoms with Crippen molar-refractivity contribution in [3.63, 3.8) is 0 Å². The van der Waals surface area contributed by atoms with Crippen LogP contribution in [0.4, 0.5) is 0 Å². The molecule has 100 valence electrons. The quantitative estimate of drug-likeness (QED) is 0.858. The Kier molecular flexibility index (Phi) is 3.55. The number of hydrogen-bond acceptors (Lipinski definition) is 3. The molecule has 0 radical (unpaired) electrons. The van der Waals surface area contributed by atoms with Gasteiger partial charge in [-0.3, -0.25) is 14.6 Å². The van der Waals surface area contributed by atoms with E-state index in [-0.39, 0.29) is 12.2 Å². The molecule has 1 aromatic heterocycles. The number of carbonyl (C=O) groups is 1. The molecule has 1 aromatic carbocycles. The van der Waals surface area contributed by atoms with E-state index in [0.29, 0.717) is 0 Å². The van der Waals surface area contributed by atoms with Gasteiger partial charge in [-0.05, 0) is 44.0 Å². The largest absolute Gasteiger partial charge is 0.462 e. The van der Waals surface area contributed by atoms with Gasteiger partial charge in [0.25, 0.3) is 5.56 Å². The van der Waals surface area contributed by atoms with E-state index in [1.54, 1.807) is 6.92 Å². The lowest BCUT2D eigenvalue weighted by molar-refractivity contribution is 0.0525. The Morgan fingerprint density at radius 1 is 1.32 bits per heavy atom. The van der Waals surface area contributed by atoms with Gasteiger partial charge in [0.15, 0.2) is 0 Å². The van der Waals surface area contributed by atoms with Crippen LogP contribution in [-0.4, -0.2) is 22.4 Å². The standard InChI is InChI=1S/C14H16N2O3/c1-4-19-14(18)12-8-16(15-13(12)17)11-6-5-9(2)10(3)7-11/h5-8H,4H2,1-3H3,(H,15,17). The molecule has 2 rings (SSSR count). The molecule has 0 fully saturated rings. The van der Waals surface area contributed by atoms with E-state index < -0.39 is 11.5 Å². The number of ether oxygens (including phenoxy) is 1. The van der Waals surface area contributed by atoms with Crippen LogP contribution >= 0.6 is 0 Å².